The Hall–Kier alpha value is -1.62. The van der Waals surface area contributed by atoms with Crippen LogP contribution in [0.2, 0.25) is 0 Å². The summed E-state index contributed by atoms with van der Waals surface area (Å²) in [6, 6.07) is 2.72. The van der Waals surface area contributed by atoms with Crippen molar-refractivity contribution in [3.05, 3.63) is 34.5 Å². The molecule has 5 heteroatoms. The third kappa shape index (κ3) is 2.77. The number of aryl methyl sites for hydroxylation is 1. The summed E-state index contributed by atoms with van der Waals surface area (Å²) in [6.45, 7) is 7.80. The Morgan fingerprint density at radius 2 is 2.20 bits per heavy atom. The lowest BCUT2D eigenvalue weighted by Gasteiger charge is -2.01. The summed E-state index contributed by atoms with van der Waals surface area (Å²) >= 11 is 0. The molecule has 0 radical (unpaired) electrons. The second-order valence-electron chi connectivity index (χ2n) is 5.60. The minimum Gasteiger partial charge on any atom is -0.359 e. The summed E-state index contributed by atoms with van der Waals surface area (Å²) in [7, 11) is 0. The van der Waals surface area contributed by atoms with Crippen LogP contribution in [0, 0.1) is 13.8 Å². The zero-order valence-electron chi connectivity index (χ0n) is 12.4. The van der Waals surface area contributed by atoms with Crippen molar-refractivity contribution in [2.45, 2.75) is 59.2 Å². The predicted octanol–water partition coefficient (Wildman–Crippen LogP) is 2.35. The fourth-order valence-electron chi connectivity index (χ4n) is 2.60. The molecule has 0 unspecified atom stereocenters. The van der Waals surface area contributed by atoms with Crippen molar-refractivity contribution in [3.8, 4) is 0 Å². The van der Waals surface area contributed by atoms with E-state index < -0.39 is 0 Å². The first-order valence-electron chi connectivity index (χ1n) is 7.38. The molecule has 1 aliphatic carbocycles. The van der Waals surface area contributed by atoms with Gasteiger partial charge in [0.15, 0.2) is 5.76 Å². The standard InChI is InChI=1S/C15H22N4O/c1-4-15-10(2)17-19(11(15)3)9-14-7-13(18-20-14)8-16-12-5-6-12/h7,12,16H,4-6,8-9H2,1-3H3. The van der Waals surface area contributed by atoms with Crippen LogP contribution in [-0.2, 0) is 19.5 Å². The third-order valence-electron chi connectivity index (χ3n) is 3.95. The first-order chi connectivity index (χ1) is 9.67. The number of aromatic nitrogens is 3. The Labute approximate surface area is 119 Å². The number of hydrogen-bond donors (Lipinski definition) is 1. The van der Waals surface area contributed by atoms with Crippen molar-refractivity contribution in [1.29, 1.82) is 0 Å². The molecule has 20 heavy (non-hydrogen) atoms. The maximum atomic E-state index is 5.41. The van der Waals surface area contributed by atoms with Gasteiger partial charge in [-0.15, -0.1) is 0 Å². The fraction of sp³-hybridized carbons (Fsp3) is 0.600. The van der Waals surface area contributed by atoms with Gasteiger partial charge in [0.05, 0.1) is 11.4 Å². The Balaban J connectivity index is 1.67. The maximum Gasteiger partial charge on any atom is 0.158 e. The van der Waals surface area contributed by atoms with Crippen molar-refractivity contribution >= 4 is 0 Å². The second-order valence-corrected chi connectivity index (χ2v) is 5.60. The van der Waals surface area contributed by atoms with Crippen LogP contribution in [0.15, 0.2) is 10.6 Å². The Morgan fingerprint density at radius 3 is 2.85 bits per heavy atom. The van der Waals surface area contributed by atoms with Gasteiger partial charge < -0.3 is 9.84 Å². The molecule has 2 heterocycles. The van der Waals surface area contributed by atoms with E-state index in [9.17, 15) is 0 Å². The lowest BCUT2D eigenvalue weighted by Crippen LogP contribution is -2.15. The molecule has 2 aromatic rings. The smallest absolute Gasteiger partial charge is 0.158 e. The molecule has 0 saturated heterocycles. The molecule has 1 fully saturated rings. The van der Waals surface area contributed by atoms with Gasteiger partial charge in [-0.1, -0.05) is 12.1 Å². The van der Waals surface area contributed by atoms with Crippen LogP contribution in [-0.4, -0.2) is 21.0 Å². The first kappa shape index (κ1) is 13.4. The molecular weight excluding hydrogens is 252 g/mol. The topological polar surface area (TPSA) is 55.9 Å². The van der Waals surface area contributed by atoms with E-state index in [1.54, 1.807) is 0 Å². The molecule has 0 amide bonds. The number of nitrogens with zero attached hydrogens (tertiary/aromatic N) is 3. The minimum atomic E-state index is 0.656. The molecule has 3 rings (SSSR count). The minimum absolute atomic E-state index is 0.656. The quantitative estimate of drug-likeness (QED) is 0.878. The zero-order chi connectivity index (χ0) is 14.1. The molecule has 108 valence electrons. The van der Waals surface area contributed by atoms with Gasteiger partial charge in [0.2, 0.25) is 0 Å². The van der Waals surface area contributed by atoms with E-state index in [0.29, 0.717) is 12.6 Å². The molecule has 0 aromatic carbocycles. The van der Waals surface area contributed by atoms with Crippen LogP contribution >= 0.6 is 0 Å². The summed E-state index contributed by atoms with van der Waals surface area (Å²) in [5.74, 6) is 0.867. The molecule has 0 spiro atoms. The van der Waals surface area contributed by atoms with E-state index in [1.807, 2.05) is 10.7 Å². The van der Waals surface area contributed by atoms with Crippen molar-refractivity contribution in [2.75, 3.05) is 0 Å². The first-order valence-corrected chi connectivity index (χ1v) is 7.38. The molecule has 1 N–H and O–H groups in total. The Kier molecular flexibility index (Phi) is 3.61. The van der Waals surface area contributed by atoms with Gasteiger partial charge in [0.1, 0.15) is 6.54 Å². The summed E-state index contributed by atoms with van der Waals surface area (Å²) < 4.78 is 7.41. The van der Waals surface area contributed by atoms with Crippen LogP contribution < -0.4 is 5.32 Å². The van der Waals surface area contributed by atoms with Crippen molar-refractivity contribution < 1.29 is 4.52 Å². The lowest BCUT2D eigenvalue weighted by molar-refractivity contribution is 0.363. The van der Waals surface area contributed by atoms with Crippen LogP contribution in [0.25, 0.3) is 0 Å². The second kappa shape index (κ2) is 5.40. The lowest BCUT2D eigenvalue weighted by atomic mass is 10.1. The van der Waals surface area contributed by atoms with Crippen LogP contribution in [0.1, 0.15) is 48.2 Å². The van der Waals surface area contributed by atoms with E-state index in [2.05, 4.69) is 36.3 Å². The number of nitrogens with one attached hydrogen (secondary N) is 1. The summed E-state index contributed by atoms with van der Waals surface area (Å²) in [5, 5.41) is 12.1. The van der Waals surface area contributed by atoms with E-state index in [4.69, 9.17) is 4.52 Å². The predicted molar refractivity (Wildman–Crippen MR) is 76.5 cm³/mol. The largest absolute Gasteiger partial charge is 0.359 e. The van der Waals surface area contributed by atoms with Crippen molar-refractivity contribution in [1.82, 2.24) is 20.3 Å². The average molecular weight is 274 g/mol. The molecule has 1 saturated carbocycles. The molecular formula is C15H22N4O. The number of hydrogen-bond acceptors (Lipinski definition) is 4. The van der Waals surface area contributed by atoms with Gasteiger partial charge in [-0.25, -0.2) is 0 Å². The van der Waals surface area contributed by atoms with Gasteiger partial charge in [-0.2, -0.15) is 5.10 Å². The fourth-order valence-corrected chi connectivity index (χ4v) is 2.60. The van der Waals surface area contributed by atoms with Gasteiger partial charge in [-0.3, -0.25) is 4.68 Å². The zero-order valence-corrected chi connectivity index (χ0v) is 12.4. The monoisotopic (exact) mass is 274 g/mol. The molecule has 0 atom stereocenters. The van der Waals surface area contributed by atoms with Gasteiger partial charge in [0, 0.05) is 24.3 Å². The van der Waals surface area contributed by atoms with Crippen molar-refractivity contribution in [3.63, 3.8) is 0 Å². The van der Waals surface area contributed by atoms with Gasteiger partial charge in [-0.05, 0) is 38.7 Å². The third-order valence-corrected chi connectivity index (χ3v) is 3.95. The highest BCUT2D eigenvalue weighted by Crippen LogP contribution is 2.19. The van der Waals surface area contributed by atoms with E-state index >= 15 is 0 Å². The van der Waals surface area contributed by atoms with Crippen LogP contribution in [0.5, 0.6) is 0 Å². The summed E-state index contributed by atoms with van der Waals surface area (Å²) in [6.07, 6.45) is 3.59. The van der Waals surface area contributed by atoms with Gasteiger partial charge in [0.25, 0.3) is 0 Å². The number of rotatable bonds is 6. The highest BCUT2D eigenvalue weighted by atomic mass is 16.5. The van der Waals surface area contributed by atoms with E-state index in [1.165, 1.54) is 24.1 Å². The molecule has 0 aliphatic heterocycles. The highest BCUT2D eigenvalue weighted by molar-refractivity contribution is 5.24. The summed E-state index contributed by atoms with van der Waals surface area (Å²) in [4.78, 5) is 0. The Bertz CT molecular complexity index is 595. The van der Waals surface area contributed by atoms with Crippen LogP contribution in [0.3, 0.4) is 0 Å². The van der Waals surface area contributed by atoms with E-state index in [-0.39, 0.29) is 0 Å². The van der Waals surface area contributed by atoms with E-state index in [0.717, 1.165) is 30.1 Å². The maximum absolute atomic E-state index is 5.41. The van der Waals surface area contributed by atoms with Crippen molar-refractivity contribution in [2.24, 2.45) is 0 Å². The molecule has 5 nitrogen and oxygen atoms in total. The highest BCUT2D eigenvalue weighted by Gasteiger charge is 2.20. The normalized spacial score (nSPS) is 14.9. The average Bonchev–Trinajstić information content (AvgIpc) is 3.09. The molecule has 2 aromatic heterocycles. The molecule has 0 bridgehead atoms. The SMILES string of the molecule is CCc1c(C)nn(Cc2cc(CNC3CC3)no2)c1C. The van der Waals surface area contributed by atoms with Gasteiger partial charge >= 0.3 is 0 Å². The Morgan fingerprint density at radius 1 is 1.40 bits per heavy atom. The summed E-state index contributed by atoms with van der Waals surface area (Å²) in [5.41, 5.74) is 4.64. The molecule has 1 aliphatic rings. The van der Waals surface area contributed by atoms with Crippen LogP contribution in [0.4, 0.5) is 0 Å².